The smallest absolute Gasteiger partial charge is 0.190 e. The van der Waals surface area contributed by atoms with Gasteiger partial charge in [-0.3, -0.25) is 9.98 Å². The van der Waals surface area contributed by atoms with E-state index in [1.807, 2.05) is 18.5 Å². The molecule has 0 aliphatic carbocycles. The maximum absolute atomic E-state index is 13.5. The number of H-pyrrole nitrogens is 1. The van der Waals surface area contributed by atoms with Crippen molar-refractivity contribution in [1.29, 1.82) is 0 Å². The molecule has 0 amide bonds. The van der Waals surface area contributed by atoms with Crippen LogP contribution in [-0.4, -0.2) is 36.1 Å². The van der Waals surface area contributed by atoms with Crippen molar-refractivity contribution < 1.29 is 4.39 Å². The number of guanidine groups is 1. The minimum Gasteiger partial charge on any atom is -0.361 e. The summed E-state index contributed by atoms with van der Waals surface area (Å²) in [6.07, 6.45) is 5.40. The average Bonchev–Trinajstić information content (AvgIpc) is 3.14. The molecule has 7 heteroatoms. The molecule has 4 rings (SSSR count). The summed E-state index contributed by atoms with van der Waals surface area (Å²) in [4.78, 5) is 12.0. The molecule has 0 spiro atoms. The Balaban J connectivity index is 0.00000256. The Labute approximate surface area is 192 Å². The number of rotatable bonds is 6. The Bertz CT molecular complexity index is 1150. The van der Waals surface area contributed by atoms with E-state index in [4.69, 9.17) is 0 Å². The van der Waals surface area contributed by atoms with Gasteiger partial charge < -0.3 is 15.6 Å². The number of benzene rings is 2. The number of fused-ring (bicyclic) bond motifs is 2. The SMILES string of the molecule is CN=C(NCCc1c[nH]c2ccc(F)cc12)NCCc1cccc2cccnc12.I. The summed E-state index contributed by atoms with van der Waals surface area (Å²) in [6, 6.07) is 15.1. The minimum atomic E-state index is -0.216. The number of pyridine rings is 1. The van der Waals surface area contributed by atoms with Gasteiger partial charge in [0.2, 0.25) is 0 Å². The summed E-state index contributed by atoms with van der Waals surface area (Å²) in [7, 11) is 1.76. The third-order valence-corrected chi connectivity index (χ3v) is 5.04. The van der Waals surface area contributed by atoms with E-state index in [1.165, 1.54) is 11.6 Å². The van der Waals surface area contributed by atoms with Crippen LogP contribution in [-0.2, 0) is 12.8 Å². The fraction of sp³-hybridized carbons (Fsp3) is 0.217. The molecule has 0 aliphatic heterocycles. The Morgan fingerprint density at radius 2 is 1.80 bits per heavy atom. The fourth-order valence-corrected chi connectivity index (χ4v) is 3.58. The predicted octanol–water partition coefficient (Wildman–Crippen LogP) is 4.42. The van der Waals surface area contributed by atoms with Crippen molar-refractivity contribution in [3.8, 4) is 0 Å². The third-order valence-electron chi connectivity index (χ3n) is 5.04. The number of hydrogen-bond acceptors (Lipinski definition) is 2. The lowest BCUT2D eigenvalue weighted by molar-refractivity contribution is 0.629. The second kappa shape index (κ2) is 10.4. The van der Waals surface area contributed by atoms with Crippen molar-refractivity contribution in [3.63, 3.8) is 0 Å². The maximum Gasteiger partial charge on any atom is 0.190 e. The summed E-state index contributed by atoms with van der Waals surface area (Å²) < 4.78 is 13.5. The number of aromatic nitrogens is 2. The Morgan fingerprint density at radius 3 is 2.60 bits per heavy atom. The van der Waals surface area contributed by atoms with Gasteiger partial charge in [-0.1, -0.05) is 24.3 Å². The molecule has 0 atom stereocenters. The van der Waals surface area contributed by atoms with Crippen LogP contribution >= 0.6 is 24.0 Å². The number of halogens is 2. The van der Waals surface area contributed by atoms with Gasteiger partial charge in [0.05, 0.1) is 5.52 Å². The van der Waals surface area contributed by atoms with Gasteiger partial charge in [-0.05, 0) is 48.2 Å². The zero-order valence-electron chi connectivity index (χ0n) is 16.8. The van der Waals surface area contributed by atoms with E-state index in [-0.39, 0.29) is 29.8 Å². The van der Waals surface area contributed by atoms with Crippen molar-refractivity contribution in [2.45, 2.75) is 12.8 Å². The van der Waals surface area contributed by atoms with E-state index < -0.39 is 0 Å². The van der Waals surface area contributed by atoms with Gasteiger partial charge in [-0.15, -0.1) is 24.0 Å². The van der Waals surface area contributed by atoms with Crippen LogP contribution in [0.5, 0.6) is 0 Å². The quantitative estimate of drug-likeness (QED) is 0.202. The summed E-state index contributed by atoms with van der Waals surface area (Å²) in [5.74, 6) is 0.538. The van der Waals surface area contributed by atoms with E-state index in [0.29, 0.717) is 6.54 Å². The molecule has 156 valence electrons. The predicted molar refractivity (Wildman–Crippen MR) is 132 cm³/mol. The van der Waals surface area contributed by atoms with E-state index in [2.05, 4.69) is 49.9 Å². The number of hydrogen-bond donors (Lipinski definition) is 3. The molecule has 0 saturated heterocycles. The van der Waals surface area contributed by atoms with Gasteiger partial charge in [-0.2, -0.15) is 0 Å². The van der Waals surface area contributed by atoms with Crippen LogP contribution in [0.25, 0.3) is 21.8 Å². The Morgan fingerprint density at radius 1 is 1.03 bits per heavy atom. The molecule has 0 radical (unpaired) electrons. The highest BCUT2D eigenvalue weighted by atomic mass is 127. The summed E-state index contributed by atoms with van der Waals surface area (Å²) >= 11 is 0. The molecule has 2 heterocycles. The first-order chi connectivity index (χ1) is 14.2. The first-order valence-corrected chi connectivity index (χ1v) is 9.77. The molecule has 2 aromatic heterocycles. The van der Waals surface area contributed by atoms with Gasteiger partial charge in [0.25, 0.3) is 0 Å². The summed E-state index contributed by atoms with van der Waals surface area (Å²) in [6.45, 7) is 1.46. The fourth-order valence-electron chi connectivity index (χ4n) is 3.58. The molecular weight excluding hydrogens is 492 g/mol. The minimum absolute atomic E-state index is 0. The van der Waals surface area contributed by atoms with Crippen molar-refractivity contribution in [3.05, 3.63) is 77.9 Å². The average molecular weight is 517 g/mol. The normalized spacial score (nSPS) is 11.5. The zero-order valence-corrected chi connectivity index (χ0v) is 19.1. The van der Waals surface area contributed by atoms with Crippen LogP contribution in [0.4, 0.5) is 4.39 Å². The molecule has 0 fully saturated rings. The standard InChI is InChI=1S/C23H24FN5.HI/c1-25-23(27-12-9-17-5-2-4-16-6-3-11-26-22(16)17)28-13-10-18-15-29-21-8-7-19(24)14-20(18)21;/h2-8,11,14-15,29H,9-10,12-13H2,1H3,(H2,25,27,28);1H. The van der Waals surface area contributed by atoms with Crippen LogP contribution in [0.2, 0.25) is 0 Å². The lowest BCUT2D eigenvalue weighted by atomic mass is 10.1. The van der Waals surface area contributed by atoms with E-state index >= 15 is 0 Å². The van der Waals surface area contributed by atoms with Crippen LogP contribution in [0, 0.1) is 5.82 Å². The monoisotopic (exact) mass is 517 g/mol. The number of nitrogens with zero attached hydrogens (tertiary/aromatic N) is 2. The van der Waals surface area contributed by atoms with Crippen molar-refractivity contribution in [2.24, 2.45) is 4.99 Å². The Hall–Kier alpha value is -2.68. The van der Waals surface area contributed by atoms with Crippen molar-refractivity contribution in [2.75, 3.05) is 20.1 Å². The lowest BCUT2D eigenvalue weighted by Crippen LogP contribution is -2.39. The topological polar surface area (TPSA) is 65.1 Å². The zero-order chi connectivity index (χ0) is 20.1. The lowest BCUT2D eigenvalue weighted by Gasteiger charge is -2.12. The van der Waals surface area contributed by atoms with Gasteiger partial charge in [0, 0.05) is 48.8 Å². The number of aromatic amines is 1. The number of para-hydroxylation sites is 1. The molecule has 0 bridgehead atoms. The summed E-state index contributed by atoms with van der Waals surface area (Å²) in [5.41, 5.74) is 4.30. The molecule has 0 aliphatic rings. The van der Waals surface area contributed by atoms with Gasteiger partial charge in [-0.25, -0.2) is 4.39 Å². The molecule has 2 aromatic carbocycles. The van der Waals surface area contributed by atoms with Crippen LogP contribution in [0.1, 0.15) is 11.1 Å². The maximum atomic E-state index is 13.5. The van der Waals surface area contributed by atoms with Gasteiger partial charge in [0.1, 0.15) is 5.82 Å². The number of aliphatic imine (C=N–C) groups is 1. The highest BCUT2D eigenvalue weighted by Gasteiger charge is 2.06. The van der Waals surface area contributed by atoms with E-state index in [0.717, 1.165) is 52.7 Å². The van der Waals surface area contributed by atoms with Crippen LogP contribution < -0.4 is 10.6 Å². The first kappa shape index (κ1) is 22.0. The molecule has 5 nitrogen and oxygen atoms in total. The molecule has 0 saturated carbocycles. The van der Waals surface area contributed by atoms with E-state index in [1.54, 1.807) is 19.2 Å². The third kappa shape index (κ3) is 5.08. The second-order valence-electron chi connectivity index (χ2n) is 6.92. The van der Waals surface area contributed by atoms with Crippen LogP contribution in [0.3, 0.4) is 0 Å². The Kier molecular flexibility index (Phi) is 7.62. The van der Waals surface area contributed by atoms with Gasteiger partial charge >= 0.3 is 0 Å². The second-order valence-corrected chi connectivity index (χ2v) is 6.92. The summed E-state index contributed by atoms with van der Waals surface area (Å²) in [5, 5.41) is 8.76. The highest BCUT2D eigenvalue weighted by molar-refractivity contribution is 14.0. The van der Waals surface area contributed by atoms with Crippen molar-refractivity contribution in [1.82, 2.24) is 20.6 Å². The molecule has 0 unspecified atom stereocenters. The number of nitrogens with one attached hydrogen (secondary N) is 3. The first-order valence-electron chi connectivity index (χ1n) is 9.77. The molecule has 30 heavy (non-hydrogen) atoms. The molecule has 4 aromatic rings. The largest absolute Gasteiger partial charge is 0.361 e. The van der Waals surface area contributed by atoms with Crippen LogP contribution in [0.15, 0.2) is 65.9 Å². The van der Waals surface area contributed by atoms with Crippen molar-refractivity contribution >= 4 is 51.7 Å². The molecule has 3 N–H and O–H groups in total. The van der Waals surface area contributed by atoms with Gasteiger partial charge in [0.15, 0.2) is 5.96 Å². The highest BCUT2D eigenvalue weighted by Crippen LogP contribution is 2.19. The van der Waals surface area contributed by atoms with E-state index in [9.17, 15) is 4.39 Å². The molecular formula is C23H25FIN5.